The second-order valence-electron chi connectivity index (χ2n) is 5.14. The summed E-state index contributed by atoms with van der Waals surface area (Å²) in [5.41, 5.74) is 0.571. The van der Waals surface area contributed by atoms with Crippen LogP contribution in [-0.2, 0) is 9.59 Å². The zero-order valence-electron chi connectivity index (χ0n) is 11.2. The van der Waals surface area contributed by atoms with Crippen molar-refractivity contribution in [2.24, 2.45) is 11.8 Å². The molecule has 108 valence electrons. The second kappa shape index (κ2) is 6.24. The molecule has 2 atom stereocenters. The van der Waals surface area contributed by atoms with E-state index in [1.165, 1.54) is 0 Å². The van der Waals surface area contributed by atoms with E-state index in [-0.39, 0.29) is 18.4 Å². The van der Waals surface area contributed by atoms with Crippen LogP contribution in [0.4, 0.5) is 5.69 Å². The predicted octanol–water partition coefficient (Wildman–Crippen LogP) is 1.93. The highest BCUT2D eigenvalue weighted by atomic mass is 35.5. The monoisotopic (exact) mass is 296 g/mol. The third-order valence-corrected chi connectivity index (χ3v) is 3.85. The molecule has 0 bridgehead atoms. The second-order valence-corrected chi connectivity index (χ2v) is 5.55. The fourth-order valence-corrected chi connectivity index (χ4v) is 2.66. The fourth-order valence-electron chi connectivity index (χ4n) is 2.47. The largest absolute Gasteiger partial charge is 0.481 e. The van der Waals surface area contributed by atoms with Crippen LogP contribution in [0.15, 0.2) is 24.3 Å². The smallest absolute Gasteiger partial charge is 0.308 e. The first-order valence-electron chi connectivity index (χ1n) is 6.47. The lowest BCUT2D eigenvalue weighted by molar-refractivity contribution is -0.142. The Kier molecular flexibility index (Phi) is 4.62. The number of likely N-dealkylation sites (tertiary alicyclic amines) is 1. The van der Waals surface area contributed by atoms with Gasteiger partial charge < -0.3 is 10.4 Å². The van der Waals surface area contributed by atoms with Crippen molar-refractivity contribution in [2.75, 3.05) is 25.0 Å². The number of carbonyl (C=O) groups is 2. The average molecular weight is 297 g/mol. The van der Waals surface area contributed by atoms with Crippen molar-refractivity contribution in [1.82, 2.24) is 4.90 Å². The third kappa shape index (κ3) is 3.49. The lowest BCUT2D eigenvalue weighted by Crippen LogP contribution is -2.32. The highest BCUT2D eigenvalue weighted by Crippen LogP contribution is 2.23. The zero-order valence-corrected chi connectivity index (χ0v) is 11.9. The molecular formula is C14H17ClN2O3. The van der Waals surface area contributed by atoms with Crippen LogP contribution in [0.5, 0.6) is 0 Å². The van der Waals surface area contributed by atoms with E-state index >= 15 is 0 Å². The molecule has 20 heavy (non-hydrogen) atoms. The van der Waals surface area contributed by atoms with E-state index in [1.54, 1.807) is 24.3 Å². The van der Waals surface area contributed by atoms with Crippen molar-refractivity contribution in [3.05, 3.63) is 29.3 Å². The maximum absolute atomic E-state index is 11.9. The predicted molar refractivity (Wildman–Crippen MR) is 76.8 cm³/mol. The van der Waals surface area contributed by atoms with Gasteiger partial charge in [-0.1, -0.05) is 30.7 Å². The Labute approximate surface area is 122 Å². The van der Waals surface area contributed by atoms with E-state index in [0.717, 1.165) is 0 Å². The van der Waals surface area contributed by atoms with Crippen LogP contribution >= 0.6 is 11.6 Å². The summed E-state index contributed by atoms with van der Waals surface area (Å²) in [5, 5.41) is 12.3. The normalized spacial score (nSPS) is 22.7. The van der Waals surface area contributed by atoms with Gasteiger partial charge in [0.05, 0.1) is 23.2 Å². The summed E-state index contributed by atoms with van der Waals surface area (Å²) in [4.78, 5) is 24.8. The van der Waals surface area contributed by atoms with E-state index in [4.69, 9.17) is 16.7 Å². The molecule has 0 saturated carbocycles. The Balaban J connectivity index is 1.90. The summed E-state index contributed by atoms with van der Waals surface area (Å²) in [6.45, 7) is 3.10. The zero-order chi connectivity index (χ0) is 14.7. The van der Waals surface area contributed by atoms with Gasteiger partial charge in [0.1, 0.15) is 0 Å². The molecule has 0 spiro atoms. The molecule has 2 N–H and O–H groups in total. The number of rotatable bonds is 4. The average Bonchev–Trinajstić information content (AvgIpc) is 2.73. The van der Waals surface area contributed by atoms with Crippen molar-refractivity contribution in [3.63, 3.8) is 0 Å². The number of para-hydroxylation sites is 1. The quantitative estimate of drug-likeness (QED) is 0.891. The van der Waals surface area contributed by atoms with Crippen LogP contribution in [0.3, 0.4) is 0 Å². The van der Waals surface area contributed by atoms with Gasteiger partial charge in [-0.05, 0) is 18.1 Å². The van der Waals surface area contributed by atoms with E-state index in [9.17, 15) is 9.59 Å². The van der Waals surface area contributed by atoms with Gasteiger partial charge in [0.15, 0.2) is 0 Å². The Hall–Kier alpha value is -1.59. The fraction of sp³-hybridized carbons (Fsp3) is 0.429. The summed E-state index contributed by atoms with van der Waals surface area (Å²) < 4.78 is 0. The molecule has 1 amide bonds. The molecule has 1 saturated heterocycles. The summed E-state index contributed by atoms with van der Waals surface area (Å²) >= 11 is 5.97. The molecule has 1 aromatic carbocycles. The molecule has 1 fully saturated rings. The lowest BCUT2D eigenvalue weighted by atomic mass is 9.99. The van der Waals surface area contributed by atoms with Crippen LogP contribution in [0.1, 0.15) is 6.92 Å². The Morgan fingerprint density at radius 1 is 1.40 bits per heavy atom. The van der Waals surface area contributed by atoms with Gasteiger partial charge in [0, 0.05) is 13.1 Å². The number of aliphatic carboxylic acids is 1. The number of carboxylic acids is 1. The van der Waals surface area contributed by atoms with E-state index in [2.05, 4.69) is 5.32 Å². The van der Waals surface area contributed by atoms with Crippen molar-refractivity contribution < 1.29 is 14.7 Å². The molecule has 1 heterocycles. The first-order chi connectivity index (χ1) is 9.47. The van der Waals surface area contributed by atoms with Gasteiger partial charge in [-0.15, -0.1) is 0 Å². The number of carbonyl (C=O) groups excluding carboxylic acids is 1. The first kappa shape index (κ1) is 14.8. The number of nitrogens with one attached hydrogen (secondary N) is 1. The minimum Gasteiger partial charge on any atom is -0.481 e. The number of hydrogen-bond donors (Lipinski definition) is 2. The molecule has 1 aliphatic rings. The topological polar surface area (TPSA) is 69.6 Å². The van der Waals surface area contributed by atoms with E-state index in [0.29, 0.717) is 23.8 Å². The van der Waals surface area contributed by atoms with Gasteiger partial charge in [-0.25, -0.2) is 0 Å². The number of nitrogens with zero attached hydrogens (tertiary/aromatic N) is 1. The van der Waals surface area contributed by atoms with Crippen LogP contribution < -0.4 is 5.32 Å². The number of amides is 1. The standard InChI is InChI=1S/C14H17ClN2O3/c1-9-6-17(7-10(9)14(19)20)8-13(18)16-12-5-3-2-4-11(12)15/h2-5,9-10H,6-8H2,1H3,(H,16,18)(H,19,20). The van der Waals surface area contributed by atoms with E-state index < -0.39 is 11.9 Å². The molecule has 0 aliphatic carbocycles. The van der Waals surface area contributed by atoms with Crippen LogP contribution in [0.25, 0.3) is 0 Å². The molecule has 6 heteroatoms. The van der Waals surface area contributed by atoms with Gasteiger partial charge in [-0.2, -0.15) is 0 Å². The summed E-state index contributed by atoms with van der Waals surface area (Å²) in [6.07, 6.45) is 0. The molecule has 2 rings (SSSR count). The van der Waals surface area contributed by atoms with E-state index in [1.807, 2.05) is 11.8 Å². The lowest BCUT2D eigenvalue weighted by Gasteiger charge is -2.15. The van der Waals surface area contributed by atoms with Crippen LogP contribution in [0, 0.1) is 11.8 Å². The van der Waals surface area contributed by atoms with Gasteiger partial charge >= 0.3 is 5.97 Å². The summed E-state index contributed by atoms with van der Waals surface area (Å²) in [5.74, 6) is -1.33. The maximum atomic E-state index is 11.9. The maximum Gasteiger partial charge on any atom is 0.308 e. The van der Waals surface area contributed by atoms with Crippen molar-refractivity contribution in [2.45, 2.75) is 6.92 Å². The van der Waals surface area contributed by atoms with Crippen LogP contribution in [0.2, 0.25) is 5.02 Å². The molecule has 5 nitrogen and oxygen atoms in total. The number of carboxylic acid groups (broad SMARTS) is 1. The highest BCUT2D eigenvalue weighted by molar-refractivity contribution is 6.33. The Morgan fingerprint density at radius 3 is 2.70 bits per heavy atom. The minimum atomic E-state index is -0.800. The minimum absolute atomic E-state index is 0.0561. The molecule has 1 aliphatic heterocycles. The number of halogens is 1. The SMILES string of the molecule is CC1CN(CC(=O)Nc2ccccc2Cl)CC1C(=O)O. The van der Waals surface area contributed by atoms with Gasteiger partial charge in [-0.3, -0.25) is 14.5 Å². The summed E-state index contributed by atoms with van der Waals surface area (Å²) in [6, 6.07) is 7.01. The van der Waals surface area contributed by atoms with Crippen LogP contribution in [-0.4, -0.2) is 41.5 Å². The molecule has 0 aromatic heterocycles. The van der Waals surface area contributed by atoms with Crippen molar-refractivity contribution in [1.29, 1.82) is 0 Å². The molecule has 0 radical (unpaired) electrons. The first-order valence-corrected chi connectivity index (χ1v) is 6.84. The number of benzene rings is 1. The molecule has 1 aromatic rings. The summed E-state index contributed by atoms with van der Waals surface area (Å²) in [7, 11) is 0. The number of hydrogen-bond acceptors (Lipinski definition) is 3. The number of anilines is 1. The Bertz CT molecular complexity index is 521. The molecule has 2 unspecified atom stereocenters. The Morgan fingerprint density at radius 2 is 2.10 bits per heavy atom. The van der Waals surface area contributed by atoms with Gasteiger partial charge in [0.2, 0.25) is 5.91 Å². The van der Waals surface area contributed by atoms with Crippen molar-refractivity contribution in [3.8, 4) is 0 Å². The van der Waals surface area contributed by atoms with Crippen molar-refractivity contribution >= 4 is 29.2 Å². The van der Waals surface area contributed by atoms with Gasteiger partial charge in [0.25, 0.3) is 0 Å². The third-order valence-electron chi connectivity index (χ3n) is 3.52. The highest BCUT2D eigenvalue weighted by Gasteiger charge is 2.35. The molecular weight excluding hydrogens is 280 g/mol.